The number of carbonyl (C=O) groups is 2. The second kappa shape index (κ2) is 6.51. The highest BCUT2D eigenvalue weighted by Gasteiger charge is 2.28. The van der Waals surface area contributed by atoms with Gasteiger partial charge in [-0.1, -0.05) is 0 Å². The van der Waals surface area contributed by atoms with Gasteiger partial charge in [-0.05, 0) is 19.3 Å². The molecule has 0 aliphatic carbocycles. The molecule has 1 aromatic heterocycles. The van der Waals surface area contributed by atoms with Crippen molar-refractivity contribution in [1.29, 1.82) is 0 Å². The van der Waals surface area contributed by atoms with Gasteiger partial charge in [-0.25, -0.2) is 9.78 Å². The fourth-order valence-corrected chi connectivity index (χ4v) is 2.83. The number of hydrogen-bond donors (Lipinski definition) is 2. The third-order valence-electron chi connectivity index (χ3n) is 3.20. The van der Waals surface area contributed by atoms with E-state index in [-0.39, 0.29) is 18.5 Å². The van der Waals surface area contributed by atoms with Crippen molar-refractivity contribution in [1.82, 2.24) is 15.2 Å². The lowest BCUT2D eigenvalue weighted by Gasteiger charge is -2.34. The molecule has 104 valence electrons. The van der Waals surface area contributed by atoms with Crippen molar-refractivity contribution in [3.8, 4) is 0 Å². The van der Waals surface area contributed by atoms with E-state index < -0.39 is 5.97 Å². The van der Waals surface area contributed by atoms with E-state index in [1.807, 2.05) is 5.38 Å². The number of aliphatic carboxylic acids is 1. The first-order chi connectivity index (χ1) is 9.16. The lowest BCUT2D eigenvalue weighted by molar-refractivity contribution is -0.138. The number of piperidine rings is 1. The minimum absolute atomic E-state index is 0.0180. The van der Waals surface area contributed by atoms with Crippen LogP contribution in [0.2, 0.25) is 0 Å². The normalized spacial score (nSPS) is 19.2. The topological polar surface area (TPSA) is 82.5 Å². The summed E-state index contributed by atoms with van der Waals surface area (Å²) in [7, 11) is 0. The molecule has 1 aliphatic heterocycles. The number of urea groups is 1. The first kappa shape index (κ1) is 13.8. The molecule has 1 aliphatic rings. The van der Waals surface area contributed by atoms with Crippen LogP contribution in [0.4, 0.5) is 4.79 Å². The number of carbonyl (C=O) groups excluding carboxylic acids is 1. The van der Waals surface area contributed by atoms with Crippen molar-refractivity contribution < 1.29 is 14.7 Å². The fraction of sp³-hybridized carbons (Fsp3) is 0.583. The molecule has 19 heavy (non-hydrogen) atoms. The molecule has 0 aromatic carbocycles. The van der Waals surface area contributed by atoms with Crippen LogP contribution in [-0.2, 0) is 11.3 Å². The van der Waals surface area contributed by atoms with Crippen molar-refractivity contribution in [3.05, 3.63) is 16.6 Å². The van der Waals surface area contributed by atoms with Crippen LogP contribution in [0.1, 0.15) is 31.4 Å². The summed E-state index contributed by atoms with van der Waals surface area (Å²) in [6.07, 6.45) is 2.69. The van der Waals surface area contributed by atoms with Crippen LogP contribution in [0.5, 0.6) is 0 Å². The van der Waals surface area contributed by atoms with Crippen molar-refractivity contribution >= 4 is 23.3 Å². The lowest BCUT2D eigenvalue weighted by Crippen LogP contribution is -2.49. The van der Waals surface area contributed by atoms with Gasteiger partial charge >= 0.3 is 12.0 Å². The Hall–Kier alpha value is -1.63. The largest absolute Gasteiger partial charge is 0.481 e. The van der Waals surface area contributed by atoms with E-state index >= 15 is 0 Å². The molecular weight excluding hydrogens is 266 g/mol. The van der Waals surface area contributed by atoms with Crippen molar-refractivity contribution in [2.45, 2.75) is 38.3 Å². The van der Waals surface area contributed by atoms with Crippen LogP contribution in [0.15, 0.2) is 10.9 Å². The fourth-order valence-electron chi connectivity index (χ4n) is 2.27. The average Bonchev–Trinajstić information content (AvgIpc) is 2.89. The van der Waals surface area contributed by atoms with E-state index in [9.17, 15) is 9.59 Å². The molecular formula is C12H17N3O3S. The van der Waals surface area contributed by atoms with E-state index in [1.165, 1.54) is 11.3 Å². The second-order valence-corrected chi connectivity index (χ2v) is 5.30. The SMILES string of the molecule is O=C(O)CC1CCCCN1C(=O)NCc1cscn1. The number of amides is 2. The van der Waals surface area contributed by atoms with Gasteiger partial charge in [0.1, 0.15) is 0 Å². The zero-order valence-electron chi connectivity index (χ0n) is 10.5. The van der Waals surface area contributed by atoms with Gasteiger partial charge in [0, 0.05) is 18.0 Å². The molecule has 0 saturated carbocycles. The molecule has 2 N–H and O–H groups in total. The molecule has 7 heteroatoms. The molecule has 2 amide bonds. The number of nitrogens with zero attached hydrogens (tertiary/aromatic N) is 2. The predicted octanol–water partition coefficient (Wildman–Crippen LogP) is 1.68. The van der Waals surface area contributed by atoms with Crippen molar-refractivity contribution in [2.24, 2.45) is 0 Å². The Labute approximate surface area is 115 Å². The Kier molecular flexibility index (Phi) is 4.73. The Morgan fingerprint density at radius 2 is 2.37 bits per heavy atom. The first-order valence-corrected chi connectivity index (χ1v) is 7.24. The molecule has 2 rings (SSSR count). The van der Waals surface area contributed by atoms with Gasteiger partial charge in [-0.15, -0.1) is 11.3 Å². The molecule has 1 unspecified atom stereocenters. The molecule has 0 bridgehead atoms. The summed E-state index contributed by atoms with van der Waals surface area (Å²) in [5, 5.41) is 13.6. The van der Waals surface area contributed by atoms with E-state index in [0.717, 1.165) is 25.0 Å². The second-order valence-electron chi connectivity index (χ2n) is 4.58. The first-order valence-electron chi connectivity index (χ1n) is 6.30. The van der Waals surface area contributed by atoms with Crippen molar-refractivity contribution in [3.63, 3.8) is 0 Å². The predicted molar refractivity (Wildman–Crippen MR) is 70.9 cm³/mol. The summed E-state index contributed by atoms with van der Waals surface area (Å²) in [5.74, 6) is -0.857. The van der Waals surface area contributed by atoms with Crippen LogP contribution >= 0.6 is 11.3 Å². The van der Waals surface area contributed by atoms with Gasteiger partial charge < -0.3 is 15.3 Å². The van der Waals surface area contributed by atoms with Crippen molar-refractivity contribution in [2.75, 3.05) is 6.54 Å². The summed E-state index contributed by atoms with van der Waals surface area (Å²) in [5.41, 5.74) is 2.54. The van der Waals surface area contributed by atoms with Crippen LogP contribution in [0, 0.1) is 0 Å². The number of aromatic nitrogens is 1. The number of rotatable bonds is 4. The number of carboxylic acid groups (broad SMARTS) is 1. The number of thiazole rings is 1. The van der Waals surface area contributed by atoms with E-state index in [2.05, 4.69) is 10.3 Å². The highest BCUT2D eigenvalue weighted by atomic mass is 32.1. The molecule has 0 spiro atoms. The number of hydrogen-bond acceptors (Lipinski definition) is 4. The zero-order chi connectivity index (χ0) is 13.7. The Bertz CT molecular complexity index is 435. The van der Waals surface area contributed by atoms with E-state index in [1.54, 1.807) is 10.4 Å². The number of carboxylic acids is 1. The maximum atomic E-state index is 12.1. The summed E-state index contributed by atoms with van der Waals surface area (Å²) in [6.45, 7) is 1.01. The molecule has 2 heterocycles. The highest BCUT2D eigenvalue weighted by Crippen LogP contribution is 2.19. The molecule has 1 aromatic rings. The summed E-state index contributed by atoms with van der Waals surface area (Å²) < 4.78 is 0. The summed E-state index contributed by atoms with van der Waals surface area (Å²) in [6, 6.07) is -0.388. The van der Waals surface area contributed by atoms with Gasteiger partial charge in [-0.2, -0.15) is 0 Å². The maximum Gasteiger partial charge on any atom is 0.317 e. The molecule has 1 fully saturated rings. The maximum absolute atomic E-state index is 12.1. The third-order valence-corrected chi connectivity index (χ3v) is 3.84. The van der Waals surface area contributed by atoms with E-state index in [0.29, 0.717) is 13.1 Å². The van der Waals surface area contributed by atoms with Gasteiger partial charge in [0.25, 0.3) is 0 Å². The Morgan fingerprint density at radius 1 is 1.53 bits per heavy atom. The lowest BCUT2D eigenvalue weighted by atomic mass is 10.00. The van der Waals surface area contributed by atoms with Gasteiger partial charge in [-0.3, -0.25) is 4.79 Å². The van der Waals surface area contributed by atoms with E-state index in [4.69, 9.17) is 5.11 Å². The quantitative estimate of drug-likeness (QED) is 0.880. The Balaban J connectivity index is 1.89. The minimum Gasteiger partial charge on any atom is -0.481 e. The average molecular weight is 283 g/mol. The molecule has 1 saturated heterocycles. The third kappa shape index (κ3) is 3.92. The van der Waals surface area contributed by atoms with Gasteiger partial charge in [0.05, 0.1) is 24.2 Å². The highest BCUT2D eigenvalue weighted by molar-refractivity contribution is 7.07. The smallest absolute Gasteiger partial charge is 0.317 e. The minimum atomic E-state index is -0.857. The monoisotopic (exact) mass is 283 g/mol. The Morgan fingerprint density at radius 3 is 3.05 bits per heavy atom. The number of likely N-dealkylation sites (tertiary alicyclic amines) is 1. The molecule has 6 nitrogen and oxygen atoms in total. The van der Waals surface area contributed by atoms with Crippen LogP contribution in [-0.4, -0.2) is 39.6 Å². The van der Waals surface area contributed by atoms with Crippen LogP contribution in [0.25, 0.3) is 0 Å². The summed E-state index contributed by atoms with van der Waals surface area (Å²) in [4.78, 5) is 28.6. The van der Waals surface area contributed by atoms with Crippen LogP contribution in [0.3, 0.4) is 0 Å². The van der Waals surface area contributed by atoms with Gasteiger partial charge in [0.15, 0.2) is 0 Å². The molecule has 1 atom stereocenters. The molecule has 0 radical (unpaired) electrons. The summed E-state index contributed by atoms with van der Waals surface area (Å²) >= 11 is 1.48. The zero-order valence-corrected chi connectivity index (χ0v) is 11.4. The standard InChI is InChI=1S/C12H17N3O3S/c16-11(17)5-10-3-1-2-4-15(10)12(18)13-6-9-7-19-8-14-9/h7-8,10H,1-6H2,(H,13,18)(H,16,17). The van der Waals surface area contributed by atoms with Gasteiger partial charge in [0.2, 0.25) is 0 Å². The van der Waals surface area contributed by atoms with Crippen LogP contribution < -0.4 is 5.32 Å². The number of nitrogens with one attached hydrogen (secondary N) is 1.